The Balaban J connectivity index is 2.21. The van der Waals surface area contributed by atoms with Crippen LogP contribution < -0.4 is 15.8 Å². The fraction of sp³-hybridized carbons (Fsp3) is 0.211. The van der Waals surface area contributed by atoms with Crippen LogP contribution in [-0.2, 0) is 9.59 Å². The van der Waals surface area contributed by atoms with Gasteiger partial charge in [-0.2, -0.15) is 0 Å². The number of nitrogen functional groups attached to an aromatic ring is 1. The summed E-state index contributed by atoms with van der Waals surface area (Å²) < 4.78 is 5.07. The van der Waals surface area contributed by atoms with Crippen LogP contribution in [0.15, 0.2) is 42.5 Å². The molecule has 2 aromatic carbocycles. The van der Waals surface area contributed by atoms with Crippen molar-refractivity contribution in [1.29, 1.82) is 0 Å². The van der Waals surface area contributed by atoms with E-state index in [1.54, 1.807) is 42.5 Å². The smallest absolute Gasteiger partial charge is 0.303 e. The molecule has 136 valence electrons. The summed E-state index contributed by atoms with van der Waals surface area (Å²) in [5, 5.41) is 11.3. The second-order valence-corrected chi connectivity index (χ2v) is 5.62. The molecule has 0 atom stereocenters. The maximum atomic E-state index is 12.8. The van der Waals surface area contributed by atoms with Crippen LogP contribution in [0.3, 0.4) is 0 Å². The predicted molar refractivity (Wildman–Crippen MR) is 97.4 cm³/mol. The van der Waals surface area contributed by atoms with Crippen LogP contribution in [0.25, 0.3) is 0 Å². The fourth-order valence-electron chi connectivity index (χ4n) is 2.40. The van der Waals surface area contributed by atoms with Gasteiger partial charge in [-0.1, -0.05) is 6.07 Å². The van der Waals surface area contributed by atoms with E-state index in [0.717, 1.165) is 0 Å². The minimum absolute atomic E-state index is 0.0246. The number of ether oxygens (including phenoxy) is 1. The Labute approximate surface area is 150 Å². The molecule has 4 N–H and O–H groups in total. The van der Waals surface area contributed by atoms with Crippen molar-refractivity contribution < 1.29 is 24.2 Å². The highest BCUT2D eigenvalue weighted by molar-refractivity contribution is 6.15. The maximum absolute atomic E-state index is 12.8. The van der Waals surface area contributed by atoms with Gasteiger partial charge in [0.15, 0.2) is 5.78 Å². The van der Waals surface area contributed by atoms with Crippen LogP contribution in [0.1, 0.15) is 35.2 Å². The lowest BCUT2D eigenvalue weighted by Gasteiger charge is -2.13. The SMILES string of the molecule is COc1ccc(C(=O)c2cccc(N)c2NC(=O)CCCC(=O)O)cc1. The average Bonchev–Trinajstić information content (AvgIpc) is 2.62. The molecule has 0 aromatic heterocycles. The number of benzene rings is 2. The molecule has 0 radical (unpaired) electrons. The molecule has 0 aliphatic rings. The highest BCUT2D eigenvalue weighted by Gasteiger charge is 2.17. The zero-order chi connectivity index (χ0) is 19.1. The van der Waals surface area contributed by atoms with E-state index >= 15 is 0 Å². The summed E-state index contributed by atoms with van der Waals surface area (Å²) in [7, 11) is 1.53. The first kappa shape index (κ1) is 19.0. The number of anilines is 2. The van der Waals surface area contributed by atoms with Gasteiger partial charge in [0.2, 0.25) is 5.91 Å². The van der Waals surface area contributed by atoms with Gasteiger partial charge in [0.05, 0.1) is 18.5 Å². The molecule has 26 heavy (non-hydrogen) atoms. The number of nitrogens with two attached hydrogens (primary N) is 1. The molecule has 1 amide bonds. The predicted octanol–water partition coefficient (Wildman–Crippen LogP) is 2.70. The standard InChI is InChI=1S/C19H20N2O5/c1-26-13-10-8-12(9-11-13)19(25)14-4-2-5-15(20)18(14)21-16(22)6-3-7-17(23)24/h2,4-5,8-11H,3,6-7,20H2,1H3,(H,21,22)(H,23,24). The number of hydrogen-bond donors (Lipinski definition) is 3. The van der Waals surface area contributed by atoms with Gasteiger partial charge in [0.25, 0.3) is 0 Å². The Bertz CT molecular complexity index is 815. The summed E-state index contributed by atoms with van der Waals surface area (Å²) in [5.74, 6) is -1.03. The van der Waals surface area contributed by atoms with Gasteiger partial charge < -0.3 is 20.9 Å². The van der Waals surface area contributed by atoms with E-state index in [-0.39, 0.29) is 42.0 Å². The minimum atomic E-state index is -0.965. The van der Waals surface area contributed by atoms with Gasteiger partial charge in [-0.15, -0.1) is 0 Å². The van der Waals surface area contributed by atoms with Crippen LogP contribution in [0, 0.1) is 0 Å². The molecule has 7 nitrogen and oxygen atoms in total. The van der Waals surface area contributed by atoms with Crippen LogP contribution in [0.5, 0.6) is 5.75 Å². The van der Waals surface area contributed by atoms with Crippen LogP contribution in [0.4, 0.5) is 11.4 Å². The van der Waals surface area contributed by atoms with E-state index in [1.807, 2.05) is 0 Å². The third-order valence-electron chi connectivity index (χ3n) is 3.75. The van der Waals surface area contributed by atoms with Gasteiger partial charge in [-0.25, -0.2) is 0 Å². The summed E-state index contributed by atoms with van der Waals surface area (Å²) in [4.78, 5) is 35.4. The molecule has 0 fully saturated rings. The molecule has 0 saturated carbocycles. The van der Waals surface area contributed by atoms with E-state index in [4.69, 9.17) is 15.6 Å². The first-order valence-electron chi connectivity index (χ1n) is 8.01. The number of carbonyl (C=O) groups excluding carboxylic acids is 2. The van der Waals surface area contributed by atoms with Crippen LogP contribution >= 0.6 is 0 Å². The number of nitrogens with one attached hydrogen (secondary N) is 1. The first-order chi connectivity index (χ1) is 12.4. The number of aliphatic carboxylic acids is 1. The Kier molecular flexibility index (Phi) is 6.32. The molecule has 0 bridgehead atoms. The van der Waals surface area contributed by atoms with E-state index < -0.39 is 11.9 Å². The topological polar surface area (TPSA) is 119 Å². The van der Waals surface area contributed by atoms with E-state index in [9.17, 15) is 14.4 Å². The van der Waals surface area contributed by atoms with Crippen molar-refractivity contribution in [3.63, 3.8) is 0 Å². The lowest BCUT2D eigenvalue weighted by Crippen LogP contribution is -2.16. The summed E-state index contributed by atoms with van der Waals surface area (Å²) in [5.41, 5.74) is 7.11. The Morgan fingerprint density at radius 2 is 1.77 bits per heavy atom. The third-order valence-corrected chi connectivity index (χ3v) is 3.75. The third kappa shape index (κ3) is 4.83. The highest BCUT2D eigenvalue weighted by Crippen LogP contribution is 2.27. The second kappa shape index (κ2) is 8.66. The molecular weight excluding hydrogens is 336 g/mol. The molecule has 7 heteroatoms. The van der Waals surface area contributed by atoms with Crippen molar-refractivity contribution in [1.82, 2.24) is 0 Å². The van der Waals surface area contributed by atoms with E-state index in [0.29, 0.717) is 11.3 Å². The first-order valence-corrected chi connectivity index (χ1v) is 8.01. The number of hydrogen-bond acceptors (Lipinski definition) is 5. The molecule has 0 heterocycles. The number of para-hydroxylation sites is 1. The van der Waals surface area contributed by atoms with E-state index in [1.165, 1.54) is 7.11 Å². The van der Waals surface area contributed by atoms with Crippen molar-refractivity contribution in [3.05, 3.63) is 53.6 Å². The molecule has 0 spiro atoms. The Hall–Kier alpha value is -3.35. The number of amides is 1. The number of rotatable bonds is 8. The maximum Gasteiger partial charge on any atom is 0.303 e. The Morgan fingerprint density at radius 3 is 2.38 bits per heavy atom. The monoisotopic (exact) mass is 356 g/mol. The molecule has 0 saturated heterocycles. The number of ketones is 1. The van der Waals surface area contributed by atoms with Gasteiger partial charge in [0, 0.05) is 24.0 Å². The van der Waals surface area contributed by atoms with Crippen molar-refractivity contribution in [3.8, 4) is 5.75 Å². The largest absolute Gasteiger partial charge is 0.497 e. The van der Waals surface area contributed by atoms with Crippen LogP contribution in [0.2, 0.25) is 0 Å². The van der Waals surface area contributed by atoms with Crippen LogP contribution in [-0.4, -0.2) is 29.9 Å². The summed E-state index contributed by atoms with van der Waals surface area (Å²) in [6.07, 6.45) is 0.127. The fourth-order valence-corrected chi connectivity index (χ4v) is 2.40. The van der Waals surface area contributed by atoms with Gasteiger partial charge in [0.1, 0.15) is 5.75 Å². The van der Waals surface area contributed by atoms with Crippen molar-refractivity contribution in [2.45, 2.75) is 19.3 Å². The lowest BCUT2D eigenvalue weighted by atomic mass is 10.0. The molecule has 0 aliphatic heterocycles. The average molecular weight is 356 g/mol. The van der Waals surface area contributed by atoms with Crippen molar-refractivity contribution in [2.24, 2.45) is 0 Å². The lowest BCUT2D eigenvalue weighted by molar-refractivity contribution is -0.137. The second-order valence-electron chi connectivity index (χ2n) is 5.62. The molecule has 0 unspecified atom stereocenters. The number of methoxy groups -OCH3 is 1. The number of carboxylic acids is 1. The quantitative estimate of drug-likeness (QED) is 0.494. The molecule has 2 aromatic rings. The summed E-state index contributed by atoms with van der Waals surface area (Å²) in [6, 6.07) is 11.4. The zero-order valence-electron chi connectivity index (χ0n) is 14.3. The number of carbonyl (C=O) groups is 3. The molecule has 2 rings (SSSR count). The highest BCUT2D eigenvalue weighted by atomic mass is 16.5. The molecule has 0 aliphatic carbocycles. The normalized spacial score (nSPS) is 10.2. The van der Waals surface area contributed by atoms with Crippen molar-refractivity contribution in [2.75, 3.05) is 18.2 Å². The van der Waals surface area contributed by atoms with Gasteiger partial charge in [-0.3, -0.25) is 14.4 Å². The zero-order valence-corrected chi connectivity index (χ0v) is 14.3. The number of carboxylic acid groups (broad SMARTS) is 1. The van der Waals surface area contributed by atoms with Gasteiger partial charge >= 0.3 is 5.97 Å². The summed E-state index contributed by atoms with van der Waals surface area (Å²) in [6.45, 7) is 0. The van der Waals surface area contributed by atoms with Crippen molar-refractivity contribution >= 4 is 29.0 Å². The molecular formula is C19H20N2O5. The minimum Gasteiger partial charge on any atom is -0.497 e. The Morgan fingerprint density at radius 1 is 1.08 bits per heavy atom. The van der Waals surface area contributed by atoms with Gasteiger partial charge in [-0.05, 0) is 42.8 Å². The van der Waals surface area contributed by atoms with E-state index in [2.05, 4.69) is 5.32 Å². The summed E-state index contributed by atoms with van der Waals surface area (Å²) >= 11 is 0.